The number of ether oxygens (including phenoxy) is 1. The molecule has 0 fully saturated rings. The number of nitrogens with zero attached hydrogens (tertiary/aromatic N) is 3. The summed E-state index contributed by atoms with van der Waals surface area (Å²) in [6, 6.07) is 9.70. The number of carbonyl (C=O) groups is 1. The van der Waals surface area contributed by atoms with Gasteiger partial charge in [0.15, 0.2) is 23.7 Å². The predicted octanol–water partition coefficient (Wildman–Crippen LogP) is 5.89. The molecule has 0 saturated heterocycles. The lowest BCUT2D eigenvalue weighted by Gasteiger charge is -2.16. The Kier molecular flexibility index (Phi) is 7.27. The molecule has 0 aliphatic heterocycles. The second-order valence-electron chi connectivity index (χ2n) is 7.03. The van der Waals surface area contributed by atoms with Crippen molar-refractivity contribution in [1.82, 2.24) is 9.97 Å². The van der Waals surface area contributed by atoms with Crippen LogP contribution in [0.4, 0.5) is 15.9 Å². The fourth-order valence-electron chi connectivity index (χ4n) is 3.16. The number of hydrogen-bond donors (Lipinski definition) is 1. The van der Waals surface area contributed by atoms with Gasteiger partial charge in [0.05, 0.1) is 17.7 Å². The van der Waals surface area contributed by atoms with Crippen molar-refractivity contribution in [2.24, 2.45) is 5.18 Å². The smallest absolute Gasteiger partial charge is 0.177 e. The Bertz CT molecular complexity index is 1200. The van der Waals surface area contributed by atoms with Gasteiger partial charge in [0.2, 0.25) is 0 Å². The van der Waals surface area contributed by atoms with E-state index in [0.29, 0.717) is 29.7 Å². The number of halogens is 2. The van der Waals surface area contributed by atoms with Crippen LogP contribution in [0.15, 0.2) is 53.7 Å². The zero-order valence-electron chi connectivity index (χ0n) is 17.5. The summed E-state index contributed by atoms with van der Waals surface area (Å²) in [4.78, 5) is 31.7. The predicted molar refractivity (Wildman–Crippen MR) is 122 cm³/mol. The van der Waals surface area contributed by atoms with E-state index < -0.39 is 5.82 Å². The highest BCUT2D eigenvalue weighted by molar-refractivity contribution is 6.32. The van der Waals surface area contributed by atoms with Gasteiger partial charge in [-0.1, -0.05) is 42.0 Å². The fraction of sp³-hybridized carbons (Fsp3) is 0.174. The van der Waals surface area contributed by atoms with Crippen LogP contribution >= 0.6 is 11.6 Å². The Morgan fingerprint density at radius 3 is 2.69 bits per heavy atom. The van der Waals surface area contributed by atoms with E-state index in [1.165, 1.54) is 19.2 Å². The van der Waals surface area contributed by atoms with Crippen molar-refractivity contribution in [3.63, 3.8) is 0 Å². The van der Waals surface area contributed by atoms with Crippen LogP contribution in [0, 0.1) is 10.7 Å². The highest BCUT2D eigenvalue weighted by Gasteiger charge is 2.21. The first-order chi connectivity index (χ1) is 15.4. The Morgan fingerprint density at radius 2 is 2.03 bits per heavy atom. The van der Waals surface area contributed by atoms with E-state index in [9.17, 15) is 14.1 Å². The molecule has 9 heteroatoms. The Hall–Kier alpha value is -3.65. The van der Waals surface area contributed by atoms with E-state index in [2.05, 4.69) is 27.0 Å². The van der Waals surface area contributed by atoms with Crippen molar-refractivity contribution in [1.29, 1.82) is 0 Å². The second-order valence-corrected chi connectivity index (χ2v) is 7.43. The number of anilines is 1. The lowest BCUT2D eigenvalue weighted by Crippen LogP contribution is -2.11. The van der Waals surface area contributed by atoms with E-state index >= 15 is 0 Å². The molecule has 7 nitrogen and oxygen atoms in total. The molecule has 0 bridgehead atoms. The fourth-order valence-corrected chi connectivity index (χ4v) is 3.39. The topological polar surface area (TPSA) is 93.5 Å². The molecule has 0 atom stereocenters. The average Bonchev–Trinajstić information content (AvgIpc) is 2.78. The number of methoxy groups -OCH3 is 1. The number of nitrogens with one attached hydrogen (secondary N) is 1. The molecule has 164 valence electrons. The standard InChI is InChI=1S/C23H20ClFN4O3/c1-13(2)10-16-19(12-30)27-23(15-8-9-17(24)21(32-3)20(15)25)28-22(16)26-11-14-6-4-5-7-18(14)29-31/h4-9,12H,1,10-11H2,2-3H3,(H,26,27,28). The Morgan fingerprint density at radius 1 is 1.28 bits per heavy atom. The molecule has 0 spiro atoms. The van der Waals surface area contributed by atoms with Crippen LogP contribution in [-0.2, 0) is 13.0 Å². The SMILES string of the molecule is C=C(C)Cc1c(C=O)nc(-c2ccc(Cl)c(OC)c2F)nc1NCc1ccccc1N=O. The molecule has 3 rings (SSSR count). The summed E-state index contributed by atoms with van der Waals surface area (Å²) in [6.45, 7) is 5.90. The molecule has 0 unspecified atom stereocenters. The lowest BCUT2D eigenvalue weighted by molar-refractivity contribution is 0.111. The van der Waals surface area contributed by atoms with Crippen LogP contribution in [0.25, 0.3) is 11.4 Å². The molecule has 3 aromatic rings. The van der Waals surface area contributed by atoms with E-state index in [-0.39, 0.29) is 40.1 Å². The summed E-state index contributed by atoms with van der Waals surface area (Å²) in [5, 5.41) is 6.24. The Labute approximate surface area is 189 Å². The number of aldehydes is 1. The first-order valence-corrected chi connectivity index (χ1v) is 9.95. The summed E-state index contributed by atoms with van der Waals surface area (Å²) in [5.74, 6) is -0.596. The third-order valence-corrected chi connectivity index (χ3v) is 4.96. The van der Waals surface area contributed by atoms with E-state index in [1.54, 1.807) is 24.3 Å². The molecule has 0 saturated carbocycles. The normalized spacial score (nSPS) is 10.5. The molecule has 1 N–H and O–H groups in total. The number of rotatable bonds is 9. The molecule has 0 amide bonds. The Balaban J connectivity index is 2.13. The molecular weight excluding hydrogens is 435 g/mol. The zero-order chi connectivity index (χ0) is 23.3. The molecule has 1 heterocycles. The number of allylic oxidation sites excluding steroid dienone is 1. The van der Waals surface area contributed by atoms with Crippen molar-refractivity contribution < 1.29 is 13.9 Å². The van der Waals surface area contributed by atoms with Gasteiger partial charge in [0.25, 0.3) is 0 Å². The van der Waals surface area contributed by atoms with E-state index in [0.717, 1.165) is 5.57 Å². The van der Waals surface area contributed by atoms with Crippen molar-refractivity contribution in [2.75, 3.05) is 12.4 Å². The van der Waals surface area contributed by atoms with Gasteiger partial charge in [-0.05, 0) is 36.7 Å². The number of carbonyl (C=O) groups excluding carboxylic acids is 1. The maximum atomic E-state index is 15.0. The van der Waals surface area contributed by atoms with Crippen LogP contribution in [0.5, 0.6) is 5.75 Å². The van der Waals surface area contributed by atoms with Gasteiger partial charge in [-0.3, -0.25) is 4.79 Å². The highest BCUT2D eigenvalue weighted by Crippen LogP contribution is 2.35. The molecule has 0 aliphatic carbocycles. The van der Waals surface area contributed by atoms with Gasteiger partial charge in [0.1, 0.15) is 17.2 Å². The van der Waals surface area contributed by atoms with Gasteiger partial charge in [0, 0.05) is 17.7 Å². The number of aromatic nitrogens is 2. The van der Waals surface area contributed by atoms with Crippen molar-refractivity contribution in [3.05, 3.63) is 81.1 Å². The van der Waals surface area contributed by atoms with Crippen LogP contribution < -0.4 is 10.1 Å². The van der Waals surface area contributed by atoms with Crippen LogP contribution in [0.2, 0.25) is 5.02 Å². The molecule has 0 aliphatic rings. The minimum absolute atomic E-state index is 0.0191. The monoisotopic (exact) mass is 454 g/mol. The first kappa shape index (κ1) is 23.0. The maximum Gasteiger partial charge on any atom is 0.177 e. The van der Waals surface area contributed by atoms with Gasteiger partial charge in [-0.25, -0.2) is 14.4 Å². The van der Waals surface area contributed by atoms with Crippen LogP contribution in [0.3, 0.4) is 0 Å². The quantitative estimate of drug-likeness (QED) is 0.246. The third kappa shape index (κ3) is 4.81. The number of benzene rings is 2. The van der Waals surface area contributed by atoms with Gasteiger partial charge < -0.3 is 10.1 Å². The minimum atomic E-state index is -0.744. The number of nitroso groups, excluding NO2 is 1. The average molecular weight is 455 g/mol. The van der Waals surface area contributed by atoms with Crippen molar-refractivity contribution >= 4 is 29.4 Å². The summed E-state index contributed by atoms with van der Waals surface area (Å²) in [7, 11) is 1.30. The second kappa shape index (κ2) is 10.1. The summed E-state index contributed by atoms with van der Waals surface area (Å²) < 4.78 is 20.0. The van der Waals surface area contributed by atoms with Crippen LogP contribution in [-0.4, -0.2) is 23.4 Å². The molecule has 0 radical (unpaired) electrons. The van der Waals surface area contributed by atoms with E-state index in [1.807, 2.05) is 6.92 Å². The van der Waals surface area contributed by atoms with Crippen molar-refractivity contribution in [3.8, 4) is 17.1 Å². The minimum Gasteiger partial charge on any atom is -0.492 e. The number of hydrogen-bond acceptors (Lipinski definition) is 7. The van der Waals surface area contributed by atoms with Gasteiger partial charge >= 0.3 is 0 Å². The van der Waals surface area contributed by atoms with E-state index in [4.69, 9.17) is 16.3 Å². The highest BCUT2D eigenvalue weighted by atomic mass is 35.5. The summed E-state index contributed by atoms with van der Waals surface area (Å²) in [5.41, 5.74) is 2.32. The lowest BCUT2D eigenvalue weighted by atomic mass is 10.1. The largest absolute Gasteiger partial charge is 0.492 e. The molecular formula is C23H20ClFN4O3. The maximum absolute atomic E-state index is 15.0. The summed E-state index contributed by atoms with van der Waals surface area (Å²) >= 11 is 5.99. The summed E-state index contributed by atoms with van der Waals surface area (Å²) in [6.07, 6.45) is 0.914. The zero-order valence-corrected chi connectivity index (χ0v) is 18.2. The third-order valence-electron chi connectivity index (χ3n) is 4.66. The molecule has 1 aromatic heterocycles. The van der Waals surface area contributed by atoms with Gasteiger partial charge in [-0.2, -0.15) is 0 Å². The van der Waals surface area contributed by atoms with Crippen LogP contribution in [0.1, 0.15) is 28.5 Å². The molecule has 32 heavy (non-hydrogen) atoms. The van der Waals surface area contributed by atoms with Crippen molar-refractivity contribution in [2.45, 2.75) is 19.9 Å². The first-order valence-electron chi connectivity index (χ1n) is 9.57. The van der Waals surface area contributed by atoms with Gasteiger partial charge in [-0.15, -0.1) is 4.91 Å². The molecule has 2 aromatic carbocycles.